The van der Waals surface area contributed by atoms with E-state index in [0.29, 0.717) is 6.54 Å². The molecule has 0 saturated carbocycles. The Kier molecular flexibility index (Phi) is 7.49. The molecule has 0 aliphatic carbocycles. The molecule has 1 amide bonds. The highest BCUT2D eigenvalue weighted by Crippen LogP contribution is 2.16. The van der Waals surface area contributed by atoms with Gasteiger partial charge in [0.1, 0.15) is 24.9 Å². The largest absolute Gasteiger partial charge is 0.484 e. The molecule has 1 saturated heterocycles. The monoisotopic (exact) mass is 398 g/mol. The molecule has 1 aliphatic rings. The molecule has 2 aromatic carbocycles. The van der Waals surface area contributed by atoms with Crippen molar-refractivity contribution in [3.8, 4) is 5.75 Å². The zero-order valence-electron chi connectivity index (χ0n) is 17.6. The van der Waals surface area contributed by atoms with Crippen molar-refractivity contribution in [2.45, 2.75) is 13.0 Å². The molecule has 0 spiro atoms. The summed E-state index contributed by atoms with van der Waals surface area (Å²) in [5.74, 6) is 0.615. The number of amides is 1. The van der Waals surface area contributed by atoms with Crippen molar-refractivity contribution in [3.05, 3.63) is 59.7 Å². The van der Waals surface area contributed by atoms with Crippen LogP contribution < -0.4 is 19.9 Å². The first-order valence-electron chi connectivity index (χ1n) is 10.2. The summed E-state index contributed by atoms with van der Waals surface area (Å²) in [6.45, 7) is 5.99. The highest BCUT2D eigenvalue weighted by atomic mass is 16.5. The standard InChI is InChI=1S/C23H31N3O3/c1-18-5-4-6-21(15-18)29-17-23(27)24-16-22(26-11-13-28-14-12-26)19-7-9-20(10-8-19)25(2)3/h4-10,15,22H,11-14,16-17H2,1-3H3,(H,24,27)/p+1/t22-/m1/s1. The van der Waals surface area contributed by atoms with E-state index in [0.717, 1.165) is 37.6 Å². The van der Waals surface area contributed by atoms with Gasteiger partial charge in [-0.15, -0.1) is 0 Å². The summed E-state index contributed by atoms with van der Waals surface area (Å²) >= 11 is 0. The molecular formula is C23H32N3O3+. The van der Waals surface area contributed by atoms with Gasteiger partial charge in [-0.2, -0.15) is 0 Å². The van der Waals surface area contributed by atoms with Gasteiger partial charge >= 0.3 is 0 Å². The zero-order chi connectivity index (χ0) is 20.6. The lowest BCUT2D eigenvalue weighted by Gasteiger charge is -2.32. The maximum atomic E-state index is 12.4. The fourth-order valence-corrected chi connectivity index (χ4v) is 3.61. The topological polar surface area (TPSA) is 55.2 Å². The first kappa shape index (κ1) is 21.1. The Morgan fingerprint density at radius 3 is 2.55 bits per heavy atom. The zero-order valence-corrected chi connectivity index (χ0v) is 17.6. The van der Waals surface area contributed by atoms with E-state index in [9.17, 15) is 4.79 Å². The third kappa shape index (κ3) is 6.21. The smallest absolute Gasteiger partial charge is 0.258 e. The number of benzene rings is 2. The molecule has 1 aliphatic heterocycles. The van der Waals surface area contributed by atoms with Crippen molar-refractivity contribution in [2.24, 2.45) is 0 Å². The van der Waals surface area contributed by atoms with Crippen LogP contribution in [0, 0.1) is 6.92 Å². The highest BCUT2D eigenvalue weighted by molar-refractivity contribution is 5.77. The second-order valence-corrected chi connectivity index (χ2v) is 7.72. The number of nitrogens with one attached hydrogen (secondary N) is 2. The maximum absolute atomic E-state index is 12.4. The minimum atomic E-state index is -0.103. The number of carbonyl (C=O) groups excluding carboxylic acids is 1. The molecule has 0 radical (unpaired) electrons. The SMILES string of the molecule is Cc1cccc(OCC(=O)NC[C@H](c2ccc(N(C)C)cc2)[NH+]2CCOCC2)c1. The average molecular weight is 399 g/mol. The Balaban J connectivity index is 1.61. The Morgan fingerprint density at radius 2 is 1.90 bits per heavy atom. The van der Waals surface area contributed by atoms with E-state index in [1.165, 1.54) is 16.2 Å². The molecule has 1 atom stereocenters. The molecule has 2 aromatic rings. The second-order valence-electron chi connectivity index (χ2n) is 7.72. The van der Waals surface area contributed by atoms with Crippen molar-refractivity contribution in [1.82, 2.24) is 5.32 Å². The quantitative estimate of drug-likeness (QED) is 0.702. The summed E-state index contributed by atoms with van der Waals surface area (Å²) in [5, 5.41) is 3.06. The first-order chi connectivity index (χ1) is 14.0. The number of hydrogen-bond acceptors (Lipinski definition) is 4. The van der Waals surface area contributed by atoms with Crippen LogP contribution >= 0.6 is 0 Å². The third-order valence-corrected chi connectivity index (χ3v) is 5.30. The third-order valence-electron chi connectivity index (χ3n) is 5.30. The fourth-order valence-electron chi connectivity index (χ4n) is 3.61. The van der Waals surface area contributed by atoms with Gasteiger partial charge in [0.15, 0.2) is 6.61 Å². The molecule has 0 aromatic heterocycles. The van der Waals surface area contributed by atoms with Gasteiger partial charge in [-0.25, -0.2) is 0 Å². The molecule has 3 rings (SSSR count). The van der Waals surface area contributed by atoms with Gasteiger partial charge in [-0.1, -0.05) is 24.3 Å². The highest BCUT2D eigenvalue weighted by Gasteiger charge is 2.27. The van der Waals surface area contributed by atoms with Crippen LogP contribution in [0.4, 0.5) is 5.69 Å². The number of aryl methyl sites for hydroxylation is 1. The molecule has 0 unspecified atom stereocenters. The van der Waals surface area contributed by atoms with Crippen LogP contribution in [0.1, 0.15) is 17.2 Å². The second kappa shape index (κ2) is 10.3. The fraction of sp³-hybridized carbons (Fsp3) is 0.435. The molecule has 0 bridgehead atoms. The molecule has 6 nitrogen and oxygen atoms in total. The van der Waals surface area contributed by atoms with E-state index < -0.39 is 0 Å². The number of anilines is 1. The molecule has 1 fully saturated rings. The molecule has 6 heteroatoms. The van der Waals surface area contributed by atoms with E-state index in [1.807, 2.05) is 45.3 Å². The Labute approximate surface area is 173 Å². The Hall–Kier alpha value is -2.57. The van der Waals surface area contributed by atoms with Gasteiger partial charge in [0.05, 0.1) is 19.8 Å². The van der Waals surface area contributed by atoms with Crippen LogP contribution in [-0.4, -0.2) is 59.5 Å². The van der Waals surface area contributed by atoms with Crippen LogP contribution in [0.3, 0.4) is 0 Å². The number of carbonyl (C=O) groups is 1. The van der Waals surface area contributed by atoms with Crippen LogP contribution in [0.15, 0.2) is 48.5 Å². The first-order valence-corrected chi connectivity index (χ1v) is 10.2. The van der Waals surface area contributed by atoms with Crippen LogP contribution in [0.25, 0.3) is 0 Å². The van der Waals surface area contributed by atoms with Crippen LogP contribution in [0.2, 0.25) is 0 Å². The van der Waals surface area contributed by atoms with E-state index in [4.69, 9.17) is 9.47 Å². The van der Waals surface area contributed by atoms with Gasteiger partial charge in [0.2, 0.25) is 0 Å². The average Bonchev–Trinajstić information content (AvgIpc) is 2.73. The molecule has 2 N–H and O–H groups in total. The summed E-state index contributed by atoms with van der Waals surface area (Å²) in [4.78, 5) is 15.9. The summed E-state index contributed by atoms with van der Waals surface area (Å²) in [6, 6.07) is 16.5. The van der Waals surface area contributed by atoms with Crippen molar-refractivity contribution >= 4 is 11.6 Å². The Bertz CT molecular complexity index is 786. The minimum absolute atomic E-state index is 0.0220. The number of morpholine rings is 1. The normalized spacial score (nSPS) is 15.6. The van der Waals surface area contributed by atoms with Crippen LogP contribution in [0.5, 0.6) is 5.75 Å². The number of nitrogens with zero attached hydrogens (tertiary/aromatic N) is 1. The van der Waals surface area contributed by atoms with E-state index in [2.05, 4.69) is 34.5 Å². The van der Waals surface area contributed by atoms with Crippen molar-refractivity contribution in [1.29, 1.82) is 0 Å². The van der Waals surface area contributed by atoms with Crippen LogP contribution in [-0.2, 0) is 9.53 Å². The van der Waals surface area contributed by atoms with Gasteiger partial charge in [-0.05, 0) is 36.8 Å². The van der Waals surface area contributed by atoms with E-state index >= 15 is 0 Å². The lowest BCUT2D eigenvalue weighted by atomic mass is 10.0. The van der Waals surface area contributed by atoms with Crippen molar-refractivity contribution < 1.29 is 19.2 Å². The molecule has 29 heavy (non-hydrogen) atoms. The summed E-state index contributed by atoms with van der Waals surface area (Å²) in [5.41, 5.74) is 3.51. The van der Waals surface area contributed by atoms with Gasteiger partial charge in [0.25, 0.3) is 5.91 Å². The summed E-state index contributed by atoms with van der Waals surface area (Å²) in [6.07, 6.45) is 0. The van der Waals surface area contributed by atoms with E-state index in [-0.39, 0.29) is 18.6 Å². The Morgan fingerprint density at radius 1 is 1.17 bits per heavy atom. The molecule has 1 heterocycles. The maximum Gasteiger partial charge on any atom is 0.258 e. The lowest BCUT2D eigenvalue weighted by molar-refractivity contribution is -0.937. The van der Waals surface area contributed by atoms with Gasteiger partial charge < -0.3 is 24.6 Å². The number of ether oxygens (including phenoxy) is 2. The molecular weight excluding hydrogens is 366 g/mol. The number of quaternary nitrogens is 1. The summed E-state index contributed by atoms with van der Waals surface area (Å²) in [7, 11) is 4.07. The number of hydrogen-bond donors (Lipinski definition) is 2. The molecule has 156 valence electrons. The van der Waals surface area contributed by atoms with E-state index in [1.54, 1.807) is 0 Å². The van der Waals surface area contributed by atoms with Crippen molar-refractivity contribution in [2.75, 3.05) is 58.5 Å². The summed E-state index contributed by atoms with van der Waals surface area (Å²) < 4.78 is 11.2. The van der Waals surface area contributed by atoms with Gasteiger partial charge in [0, 0.05) is 25.3 Å². The minimum Gasteiger partial charge on any atom is -0.484 e. The predicted octanol–water partition coefficient (Wildman–Crippen LogP) is 1.21. The predicted molar refractivity (Wildman–Crippen MR) is 115 cm³/mol. The number of rotatable bonds is 8. The van der Waals surface area contributed by atoms with Gasteiger partial charge in [-0.3, -0.25) is 4.79 Å². The lowest BCUT2D eigenvalue weighted by Crippen LogP contribution is -3.15. The van der Waals surface area contributed by atoms with Crippen molar-refractivity contribution in [3.63, 3.8) is 0 Å².